The van der Waals surface area contributed by atoms with Crippen LogP contribution in [-0.4, -0.2) is 29.0 Å². The summed E-state index contributed by atoms with van der Waals surface area (Å²) in [6.45, 7) is 0. The predicted octanol–water partition coefficient (Wildman–Crippen LogP) is 2.16. The molecule has 1 amide bonds. The molecule has 2 aromatic rings. The van der Waals surface area contributed by atoms with Crippen molar-refractivity contribution < 1.29 is 9.53 Å². The van der Waals surface area contributed by atoms with Crippen molar-refractivity contribution in [3.8, 4) is 5.88 Å². The highest BCUT2D eigenvalue weighted by atomic mass is 16.5. The van der Waals surface area contributed by atoms with Gasteiger partial charge in [0.1, 0.15) is 0 Å². The Hall–Kier alpha value is -2.43. The molecule has 5 nitrogen and oxygen atoms in total. The molecule has 0 aliphatic heterocycles. The van der Waals surface area contributed by atoms with Gasteiger partial charge in [-0.25, -0.2) is 4.98 Å². The van der Waals surface area contributed by atoms with E-state index in [1.165, 1.54) is 11.8 Å². The lowest BCUT2D eigenvalue weighted by atomic mass is 10.1. The molecule has 0 saturated heterocycles. The van der Waals surface area contributed by atoms with Crippen molar-refractivity contribution in [2.75, 3.05) is 7.11 Å². The van der Waals surface area contributed by atoms with Crippen LogP contribution in [0.5, 0.6) is 5.88 Å². The molecule has 1 N–H and O–H groups in total. The molecular formula is C17H19N3O2. The van der Waals surface area contributed by atoms with E-state index in [0.717, 1.165) is 31.4 Å². The highest BCUT2D eigenvalue weighted by Gasteiger charge is 2.19. The number of hydrogen-bond donors (Lipinski definition) is 1. The van der Waals surface area contributed by atoms with Crippen LogP contribution in [0.4, 0.5) is 0 Å². The number of pyridine rings is 2. The molecule has 0 fully saturated rings. The van der Waals surface area contributed by atoms with Crippen molar-refractivity contribution in [3.63, 3.8) is 0 Å². The van der Waals surface area contributed by atoms with Crippen molar-refractivity contribution in [2.45, 2.75) is 31.7 Å². The average molecular weight is 297 g/mol. The van der Waals surface area contributed by atoms with E-state index in [4.69, 9.17) is 4.74 Å². The SMILES string of the molecule is COc1ccc(C(=O)NC2CCCc3cccnc3C2)cn1. The summed E-state index contributed by atoms with van der Waals surface area (Å²) < 4.78 is 5.00. The monoisotopic (exact) mass is 297 g/mol. The number of carbonyl (C=O) groups is 1. The van der Waals surface area contributed by atoms with E-state index in [0.29, 0.717) is 11.4 Å². The first kappa shape index (κ1) is 14.5. The van der Waals surface area contributed by atoms with Crippen LogP contribution in [0.15, 0.2) is 36.7 Å². The van der Waals surface area contributed by atoms with Gasteiger partial charge in [0, 0.05) is 36.6 Å². The summed E-state index contributed by atoms with van der Waals surface area (Å²) in [7, 11) is 1.55. The summed E-state index contributed by atoms with van der Waals surface area (Å²) in [4.78, 5) is 20.8. The molecule has 1 aliphatic carbocycles. The van der Waals surface area contributed by atoms with E-state index in [1.54, 1.807) is 19.2 Å². The first-order valence-electron chi connectivity index (χ1n) is 7.50. The lowest BCUT2D eigenvalue weighted by Gasteiger charge is -2.16. The van der Waals surface area contributed by atoms with Gasteiger partial charge in [-0.2, -0.15) is 0 Å². The molecule has 5 heteroatoms. The number of aryl methyl sites for hydroxylation is 1. The Labute approximate surface area is 129 Å². The van der Waals surface area contributed by atoms with Gasteiger partial charge in [-0.05, 0) is 37.0 Å². The smallest absolute Gasteiger partial charge is 0.253 e. The van der Waals surface area contributed by atoms with Crippen LogP contribution >= 0.6 is 0 Å². The maximum Gasteiger partial charge on any atom is 0.253 e. The molecule has 114 valence electrons. The average Bonchev–Trinajstić information content (AvgIpc) is 2.76. The van der Waals surface area contributed by atoms with E-state index < -0.39 is 0 Å². The number of nitrogens with zero attached hydrogens (tertiary/aromatic N) is 2. The quantitative estimate of drug-likeness (QED) is 0.882. The fraction of sp³-hybridized carbons (Fsp3) is 0.353. The second kappa shape index (κ2) is 6.56. The van der Waals surface area contributed by atoms with Gasteiger partial charge in [0.25, 0.3) is 5.91 Å². The highest BCUT2D eigenvalue weighted by molar-refractivity contribution is 5.94. The molecule has 1 aliphatic rings. The van der Waals surface area contributed by atoms with Crippen LogP contribution in [0.2, 0.25) is 0 Å². The van der Waals surface area contributed by atoms with E-state index in [2.05, 4.69) is 21.4 Å². The molecule has 0 spiro atoms. The van der Waals surface area contributed by atoms with Crippen molar-refractivity contribution in [2.24, 2.45) is 0 Å². The lowest BCUT2D eigenvalue weighted by molar-refractivity contribution is 0.0934. The molecule has 0 bridgehead atoms. The largest absolute Gasteiger partial charge is 0.481 e. The van der Waals surface area contributed by atoms with Gasteiger partial charge in [-0.3, -0.25) is 9.78 Å². The predicted molar refractivity (Wildman–Crippen MR) is 82.9 cm³/mol. The Morgan fingerprint density at radius 1 is 1.32 bits per heavy atom. The third-order valence-electron chi connectivity index (χ3n) is 3.97. The maximum absolute atomic E-state index is 12.3. The van der Waals surface area contributed by atoms with Gasteiger partial charge in [-0.15, -0.1) is 0 Å². The van der Waals surface area contributed by atoms with Crippen molar-refractivity contribution in [3.05, 3.63) is 53.5 Å². The fourth-order valence-electron chi connectivity index (χ4n) is 2.78. The third-order valence-corrected chi connectivity index (χ3v) is 3.97. The van der Waals surface area contributed by atoms with E-state index in [1.807, 2.05) is 12.3 Å². The number of rotatable bonds is 3. The molecule has 0 radical (unpaired) electrons. The first-order chi connectivity index (χ1) is 10.8. The molecule has 3 rings (SSSR count). The van der Waals surface area contributed by atoms with Gasteiger partial charge >= 0.3 is 0 Å². The third kappa shape index (κ3) is 3.24. The first-order valence-corrected chi connectivity index (χ1v) is 7.50. The summed E-state index contributed by atoms with van der Waals surface area (Å²) in [6.07, 6.45) is 7.19. The van der Waals surface area contributed by atoms with E-state index >= 15 is 0 Å². The van der Waals surface area contributed by atoms with Gasteiger partial charge in [0.15, 0.2) is 0 Å². The lowest BCUT2D eigenvalue weighted by Crippen LogP contribution is -2.36. The number of methoxy groups -OCH3 is 1. The highest BCUT2D eigenvalue weighted by Crippen LogP contribution is 2.19. The summed E-state index contributed by atoms with van der Waals surface area (Å²) in [5.41, 5.74) is 2.94. The number of ether oxygens (including phenoxy) is 1. The minimum Gasteiger partial charge on any atom is -0.481 e. The fourth-order valence-corrected chi connectivity index (χ4v) is 2.78. The molecule has 22 heavy (non-hydrogen) atoms. The van der Waals surface area contributed by atoms with Crippen molar-refractivity contribution in [1.29, 1.82) is 0 Å². The Morgan fingerprint density at radius 2 is 2.23 bits per heavy atom. The number of hydrogen-bond acceptors (Lipinski definition) is 4. The summed E-state index contributed by atoms with van der Waals surface area (Å²) in [5, 5.41) is 3.09. The maximum atomic E-state index is 12.3. The van der Waals surface area contributed by atoms with E-state index in [9.17, 15) is 4.79 Å². The number of fused-ring (bicyclic) bond motifs is 1. The second-order valence-electron chi connectivity index (χ2n) is 5.47. The van der Waals surface area contributed by atoms with Crippen molar-refractivity contribution in [1.82, 2.24) is 15.3 Å². The number of carbonyl (C=O) groups excluding carboxylic acids is 1. The Bertz CT molecular complexity index is 655. The topological polar surface area (TPSA) is 64.1 Å². The van der Waals surface area contributed by atoms with Crippen molar-refractivity contribution >= 4 is 5.91 Å². The number of nitrogens with one attached hydrogen (secondary N) is 1. The minimum atomic E-state index is -0.0977. The molecule has 0 saturated carbocycles. The van der Waals surface area contributed by atoms with E-state index in [-0.39, 0.29) is 11.9 Å². The van der Waals surface area contributed by atoms with Crippen LogP contribution in [-0.2, 0) is 12.8 Å². The Morgan fingerprint density at radius 3 is 3.00 bits per heavy atom. The molecule has 2 aromatic heterocycles. The number of amides is 1. The van der Waals surface area contributed by atoms with Gasteiger partial charge in [0.2, 0.25) is 5.88 Å². The van der Waals surface area contributed by atoms with Gasteiger partial charge < -0.3 is 10.1 Å². The van der Waals surface area contributed by atoms with Crippen LogP contribution in [0.25, 0.3) is 0 Å². The van der Waals surface area contributed by atoms with Crippen LogP contribution < -0.4 is 10.1 Å². The normalized spacial score (nSPS) is 17.2. The van der Waals surface area contributed by atoms with Crippen LogP contribution in [0, 0.1) is 0 Å². The zero-order chi connectivity index (χ0) is 15.4. The summed E-state index contributed by atoms with van der Waals surface area (Å²) in [5.74, 6) is 0.406. The summed E-state index contributed by atoms with van der Waals surface area (Å²) in [6, 6.07) is 7.63. The Balaban J connectivity index is 1.68. The van der Waals surface area contributed by atoms with Gasteiger partial charge in [0.05, 0.1) is 12.7 Å². The minimum absolute atomic E-state index is 0.0977. The summed E-state index contributed by atoms with van der Waals surface area (Å²) >= 11 is 0. The molecule has 1 atom stereocenters. The molecule has 0 aromatic carbocycles. The van der Waals surface area contributed by atoms with Crippen LogP contribution in [0.1, 0.15) is 34.5 Å². The number of aromatic nitrogens is 2. The second-order valence-corrected chi connectivity index (χ2v) is 5.47. The van der Waals surface area contributed by atoms with Gasteiger partial charge in [-0.1, -0.05) is 6.07 Å². The molecular weight excluding hydrogens is 278 g/mol. The zero-order valence-electron chi connectivity index (χ0n) is 12.6. The molecule has 1 unspecified atom stereocenters. The van der Waals surface area contributed by atoms with Crippen LogP contribution in [0.3, 0.4) is 0 Å². The molecule has 2 heterocycles. The zero-order valence-corrected chi connectivity index (χ0v) is 12.6. The Kier molecular flexibility index (Phi) is 4.32. The standard InChI is InChI=1S/C17H19N3O2/c1-22-16-8-7-13(11-19-16)17(21)20-14-6-2-4-12-5-3-9-18-15(12)10-14/h3,5,7-9,11,14H,2,4,6,10H2,1H3,(H,20,21).